The summed E-state index contributed by atoms with van der Waals surface area (Å²) in [5.41, 5.74) is 4.02. The third kappa shape index (κ3) is 3.77. The van der Waals surface area contributed by atoms with Crippen LogP contribution in [0.4, 0.5) is 13.2 Å². The maximum absolute atomic E-state index is 13.6. The number of hydrogen-bond acceptors (Lipinski definition) is 3. The van der Waals surface area contributed by atoms with E-state index in [-0.39, 0.29) is 18.8 Å². The zero-order valence-electron chi connectivity index (χ0n) is 16.9. The highest BCUT2D eigenvalue weighted by atomic mass is 19.3. The maximum Gasteiger partial charge on any atom is 0.240 e. The predicted octanol–water partition coefficient (Wildman–Crippen LogP) is 6.82. The number of halogens is 3. The molecule has 0 aliphatic carbocycles. The predicted molar refractivity (Wildman–Crippen MR) is 117 cm³/mol. The Morgan fingerprint density at radius 2 is 1.69 bits per heavy atom. The number of pyridine rings is 1. The van der Waals surface area contributed by atoms with Gasteiger partial charge in [0.1, 0.15) is 17.3 Å². The lowest BCUT2D eigenvalue weighted by Crippen LogP contribution is -2.03. The van der Waals surface area contributed by atoms with E-state index in [1.807, 2.05) is 42.5 Å². The van der Waals surface area contributed by atoms with Crippen LogP contribution in [0.2, 0.25) is 0 Å². The van der Waals surface area contributed by atoms with Crippen molar-refractivity contribution in [2.24, 2.45) is 0 Å². The Balaban J connectivity index is 1.76. The van der Waals surface area contributed by atoms with Crippen molar-refractivity contribution in [3.05, 3.63) is 84.9 Å². The normalized spacial score (nSPS) is 11.5. The maximum atomic E-state index is 13.6. The molecule has 0 fully saturated rings. The van der Waals surface area contributed by atoms with Crippen molar-refractivity contribution >= 4 is 11.1 Å². The number of fused-ring (bicyclic) bond motifs is 1. The van der Waals surface area contributed by atoms with Crippen molar-refractivity contribution in [2.75, 3.05) is 0 Å². The molecule has 3 heterocycles. The van der Waals surface area contributed by atoms with Gasteiger partial charge in [-0.3, -0.25) is 4.68 Å². The zero-order valence-corrected chi connectivity index (χ0v) is 16.9. The minimum atomic E-state index is -2.43. The largest absolute Gasteiger partial charge is 0.437 e. The fraction of sp³-hybridized carbons (Fsp3) is 0.120. The molecule has 0 bridgehead atoms. The van der Waals surface area contributed by atoms with Crippen molar-refractivity contribution in [1.29, 1.82) is 0 Å². The van der Waals surface area contributed by atoms with Crippen molar-refractivity contribution < 1.29 is 17.6 Å². The van der Waals surface area contributed by atoms with Crippen LogP contribution in [0.5, 0.6) is 0 Å². The van der Waals surface area contributed by atoms with Crippen LogP contribution in [0.3, 0.4) is 0 Å². The molecule has 0 N–H and O–H groups in total. The smallest absolute Gasteiger partial charge is 0.240 e. The second-order valence-electron chi connectivity index (χ2n) is 7.37. The van der Waals surface area contributed by atoms with Gasteiger partial charge in [-0.2, -0.15) is 5.10 Å². The Morgan fingerprint density at radius 1 is 0.906 bits per heavy atom. The molecule has 0 aliphatic rings. The lowest BCUT2D eigenvalue weighted by atomic mass is 9.97. The van der Waals surface area contributed by atoms with E-state index >= 15 is 0 Å². The Morgan fingerprint density at radius 3 is 2.44 bits per heavy atom. The highest BCUT2D eigenvalue weighted by Gasteiger charge is 2.24. The summed E-state index contributed by atoms with van der Waals surface area (Å²) in [5, 5.41) is 5.36. The summed E-state index contributed by atoms with van der Waals surface area (Å²) in [5.74, 6) is 0.242. The van der Waals surface area contributed by atoms with Gasteiger partial charge in [-0.05, 0) is 36.4 Å². The summed E-state index contributed by atoms with van der Waals surface area (Å²) in [4.78, 5) is 4.35. The molecule has 160 valence electrons. The van der Waals surface area contributed by atoms with E-state index in [1.165, 1.54) is 16.8 Å². The van der Waals surface area contributed by atoms with Crippen LogP contribution in [0, 0.1) is 5.82 Å². The Bertz CT molecular complexity index is 1360. The molecule has 0 aliphatic heterocycles. The first-order chi connectivity index (χ1) is 15.6. The SMILES string of the molecule is Fc1ccc(-c2nn(CCC(F)F)cc2-c2c(-c3ccccc3)oc3ncccc23)cc1. The molecule has 5 rings (SSSR count). The summed E-state index contributed by atoms with van der Waals surface area (Å²) in [7, 11) is 0. The lowest BCUT2D eigenvalue weighted by Gasteiger charge is -2.05. The van der Waals surface area contributed by atoms with Gasteiger partial charge in [-0.15, -0.1) is 0 Å². The van der Waals surface area contributed by atoms with Crippen LogP contribution < -0.4 is 0 Å². The van der Waals surface area contributed by atoms with Crippen molar-refractivity contribution in [2.45, 2.75) is 19.4 Å². The first-order valence-electron chi connectivity index (χ1n) is 10.1. The number of rotatable bonds is 6. The molecule has 0 unspecified atom stereocenters. The standard InChI is InChI=1S/C25H18F3N3O/c26-18-10-8-16(9-11-18)23-20(15-31(30-23)14-12-21(27)28)22-19-7-4-13-29-25(19)32-24(22)17-5-2-1-3-6-17/h1-11,13,15,21H,12,14H2. The van der Waals surface area contributed by atoms with E-state index in [2.05, 4.69) is 10.1 Å². The number of benzene rings is 2. The summed E-state index contributed by atoms with van der Waals surface area (Å²) in [6, 6.07) is 19.3. The van der Waals surface area contributed by atoms with Crippen LogP contribution >= 0.6 is 0 Å². The molecule has 0 atom stereocenters. The Hall–Kier alpha value is -3.87. The molecule has 3 aromatic heterocycles. The van der Waals surface area contributed by atoms with Gasteiger partial charge in [0.05, 0.1) is 0 Å². The van der Waals surface area contributed by atoms with Gasteiger partial charge in [0, 0.05) is 53.0 Å². The zero-order chi connectivity index (χ0) is 22.1. The Kier molecular flexibility index (Phi) is 5.23. The van der Waals surface area contributed by atoms with Gasteiger partial charge in [-0.25, -0.2) is 18.2 Å². The van der Waals surface area contributed by atoms with Crippen molar-refractivity contribution in [3.63, 3.8) is 0 Å². The fourth-order valence-electron chi connectivity index (χ4n) is 3.76. The van der Waals surface area contributed by atoms with Gasteiger partial charge in [-0.1, -0.05) is 30.3 Å². The molecule has 32 heavy (non-hydrogen) atoms. The molecule has 0 saturated carbocycles. The molecule has 7 heteroatoms. The third-order valence-electron chi connectivity index (χ3n) is 5.23. The van der Waals surface area contributed by atoms with Gasteiger partial charge in [0.25, 0.3) is 0 Å². The molecule has 0 radical (unpaired) electrons. The quantitative estimate of drug-likeness (QED) is 0.295. The van der Waals surface area contributed by atoms with Crippen LogP contribution in [0.1, 0.15) is 6.42 Å². The number of furan rings is 1. The topological polar surface area (TPSA) is 43.9 Å². The van der Waals surface area contributed by atoms with E-state index in [4.69, 9.17) is 4.42 Å². The first-order valence-corrected chi connectivity index (χ1v) is 10.1. The second kappa shape index (κ2) is 8.34. The highest BCUT2D eigenvalue weighted by molar-refractivity contribution is 6.03. The second-order valence-corrected chi connectivity index (χ2v) is 7.37. The van der Waals surface area contributed by atoms with Gasteiger partial charge in [0.2, 0.25) is 12.1 Å². The van der Waals surface area contributed by atoms with Gasteiger partial charge in [0.15, 0.2) is 0 Å². The highest BCUT2D eigenvalue weighted by Crippen LogP contribution is 2.43. The minimum absolute atomic E-state index is 0.0561. The molecule has 5 aromatic rings. The van der Waals surface area contributed by atoms with E-state index in [1.54, 1.807) is 24.5 Å². The average molecular weight is 433 g/mol. The molecule has 4 nitrogen and oxygen atoms in total. The summed E-state index contributed by atoms with van der Waals surface area (Å²) in [6.07, 6.45) is 0.640. The molecular formula is C25H18F3N3O. The van der Waals surface area contributed by atoms with Crippen LogP contribution in [-0.4, -0.2) is 21.2 Å². The number of aromatic nitrogens is 3. The lowest BCUT2D eigenvalue weighted by molar-refractivity contribution is 0.130. The minimum Gasteiger partial charge on any atom is -0.437 e. The number of aryl methyl sites for hydroxylation is 1. The summed E-state index contributed by atoms with van der Waals surface area (Å²) < 4.78 is 46.9. The molecule has 0 saturated heterocycles. The number of hydrogen-bond donors (Lipinski definition) is 0. The number of alkyl halides is 2. The third-order valence-corrected chi connectivity index (χ3v) is 5.23. The van der Waals surface area contributed by atoms with Gasteiger partial charge >= 0.3 is 0 Å². The van der Waals surface area contributed by atoms with Crippen LogP contribution in [0.15, 0.2) is 83.5 Å². The molecule has 2 aromatic carbocycles. The number of nitrogens with zero attached hydrogens (tertiary/aromatic N) is 3. The van der Waals surface area contributed by atoms with E-state index in [0.717, 1.165) is 16.5 Å². The monoisotopic (exact) mass is 433 g/mol. The van der Waals surface area contributed by atoms with E-state index in [0.29, 0.717) is 28.3 Å². The van der Waals surface area contributed by atoms with Crippen molar-refractivity contribution in [3.8, 4) is 33.7 Å². The van der Waals surface area contributed by atoms with Crippen LogP contribution in [-0.2, 0) is 6.54 Å². The fourth-order valence-corrected chi connectivity index (χ4v) is 3.76. The summed E-state index contributed by atoms with van der Waals surface area (Å²) >= 11 is 0. The van der Waals surface area contributed by atoms with Crippen molar-refractivity contribution in [1.82, 2.24) is 14.8 Å². The first kappa shape index (κ1) is 20.1. The Labute approximate surface area is 181 Å². The van der Waals surface area contributed by atoms with Gasteiger partial charge < -0.3 is 4.42 Å². The van der Waals surface area contributed by atoms with E-state index in [9.17, 15) is 13.2 Å². The molecule has 0 amide bonds. The van der Waals surface area contributed by atoms with E-state index < -0.39 is 6.43 Å². The summed E-state index contributed by atoms with van der Waals surface area (Å²) in [6.45, 7) is 0.0561. The van der Waals surface area contributed by atoms with Crippen LogP contribution in [0.25, 0.3) is 44.8 Å². The molecule has 0 spiro atoms. The molecular weight excluding hydrogens is 415 g/mol. The average Bonchev–Trinajstić information content (AvgIpc) is 3.40.